The number of aryl methyl sites for hydroxylation is 2. The van der Waals surface area contributed by atoms with Gasteiger partial charge < -0.3 is 10.2 Å². The Kier molecular flexibility index (Phi) is 5.23. The number of hydrogen-bond donors (Lipinski definition) is 1. The molecular formula is C18H24N6O. The molecular weight excluding hydrogens is 316 g/mol. The molecule has 0 bridgehead atoms. The summed E-state index contributed by atoms with van der Waals surface area (Å²) in [5.74, 6) is 1.51. The molecule has 1 aliphatic rings. The van der Waals surface area contributed by atoms with Gasteiger partial charge in [-0.15, -0.1) is 0 Å². The van der Waals surface area contributed by atoms with Gasteiger partial charge in [-0.05, 0) is 32.9 Å². The molecule has 132 valence electrons. The molecule has 2 aromatic rings. The Bertz CT molecular complexity index is 728. The molecule has 0 saturated carbocycles. The monoisotopic (exact) mass is 340 g/mol. The van der Waals surface area contributed by atoms with E-state index in [2.05, 4.69) is 30.1 Å². The van der Waals surface area contributed by atoms with E-state index in [0.717, 1.165) is 43.4 Å². The number of piperazine rings is 1. The molecule has 1 atom stereocenters. The standard InChI is InChI=1S/C18H24N6O/c1-13-12-20-14(2)17(21-13)24-10-8-23(9-11-24)15(3)18(25)22-16-6-4-5-7-19-16/h4-7,12,15H,8-11H2,1-3H3,(H,19,22,25). The van der Waals surface area contributed by atoms with Crippen molar-refractivity contribution in [2.24, 2.45) is 0 Å². The van der Waals surface area contributed by atoms with Crippen LogP contribution in [0, 0.1) is 13.8 Å². The minimum absolute atomic E-state index is 0.0290. The minimum atomic E-state index is -0.200. The van der Waals surface area contributed by atoms with Crippen molar-refractivity contribution in [1.29, 1.82) is 0 Å². The quantitative estimate of drug-likeness (QED) is 0.912. The first-order valence-corrected chi connectivity index (χ1v) is 8.56. The summed E-state index contributed by atoms with van der Waals surface area (Å²) in [6, 6.07) is 5.28. The van der Waals surface area contributed by atoms with Crippen LogP contribution in [-0.4, -0.2) is 58.0 Å². The second-order valence-corrected chi connectivity index (χ2v) is 6.32. The van der Waals surface area contributed by atoms with Crippen molar-refractivity contribution in [1.82, 2.24) is 19.9 Å². The van der Waals surface area contributed by atoms with Crippen LogP contribution < -0.4 is 10.2 Å². The highest BCUT2D eigenvalue weighted by atomic mass is 16.2. The highest BCUT2D eigenvalue weighted by Gasteiger charge is 2.27. The average molecular weight is 340 g/mol. The van der Waals surface area contributed by atoms with E-state index in [4.69, 9.17) is 0 Å². The first-order chi connectivity index (χ1) is 12.0. The summed E-state index contributed by atoms with van der Waals surface area (Å²) in [6.07, 6.45) is 3.46. The molecule has 25 heavy (non-hydrogen) atoms. The number of rotatable bonds is 4. The van der Waals surface area contributed by atoms with Gasteiger partial charge in [-0.2, -0.15) is 0 Å². The molecule has 0 spiro atoms. The van der Waals surface area contributed by atoms with Gasteiger partial charge in [-0.1, -0.05) is 6.07 Å². The Morgan fingerprint density at radius 3 is 2.60 bits per heavy atom. The van der Waals surface area contributed by atoms with Crippen LogP contribution >= 0.6 is 0 Å². The van der Waals surface area contributed by atoms with Gasteiger partial charge in [0, 0.05) is 38.6 Å². The van der Waals surface area contributed by atoms with Crippen molar-refractivity contribution in [2.45, 2.75) is 26.8 Å². The van der Waals surface area contributed by atoms with Gasteiger partial charge in [0.1, 0.15) is 11.6 Å². The van der Waals surface area contributed by atoms with Crippen LogP contribution in [0.25, 0.3) is 0 Å². The van der Waals surface area contributed by atoms with E-state index < -0.39 is 0 Å². The fourth-order valence-electron chi connectivity index (χ4n) is 2.98. The summed E-state index contributed by atoms with van der Waals surface area (Å²) < 4.78 is 0. The van der Waals surface area contributed by atoms with Gasteiger partial charge in [0.05, 0.1) is 17.4 Å². The number of carbonyl (C=O) groups excluding carboxylic acids is 1. The van der Waals surface area contributed by atoms with Crippen LogP contribution in [0.15, 0.2) is 30.6 Å². The van der Waals surface area contributed by atoms with E-state index >= 15 is 0 Å². The highest BCUT2D eigenvalue weighted by Crippen LogP contribution is 2.18. The van der Waals surface area contributed by atoms with Crippen molar-refractivity contribution >= 4 is 17.5 Å². The minimum Gasteiger partial charge on any atom is -0.353 e. The molecule has 0 aliphatic carbocycles. The third kappa shape index (κ3) is 4.11. The van der Waals surface area contributed by atoms with E-state index in [1.165, 1.54) is 0 Å². The van der Waals surface area contributed by atoms with Gasteiger partial charge in [-0.3, -0.25) is 14.7 Å². The zero-order chi connectivity index (χ0) is 17.8. The lowest BCUT2D eigenvalue weighted by Gasteiger charge is -2.38. The average Bonchev–Trinajstić information content (AvgIpc) is 2.64. The molecule has 7 heteroatoms. The molecule has 1 amide bonds. The topological polar surface area (TPSA) is 74.2 Å². The second kappa shape index (κ2) is 7.57. The number of nitrogens with zero attached hydrogens (tertiary/aromatic N) is 5. The normalized spacial score (nSPS) is 16.5. The van der Waals surface area contributed by atoms with Crippen LogP contribution in [0.3, 0.4) is 0 Å². The van der Waals surface area contributed by atoms with Crippen molar-refractivity contribution < 1.29 is 4.79 Å². The molecule has 2 aromatic heterocycles. The molecule has 7 nitrogen and oxygen atoms in total. The fraction of sp³-hybridized carbons (Fsp3) is 0.444. The maximum absolute atomic E-state index is 12.4. The van der Waals surface area contributed by atoms with Gasteiger partial charge in [-0.25, -0.2) is 9.97 Å². The zero-order valence-corrected chi connectivity index (χ0v) is 14.9. The smallest absolute Gasteiger partial charge is 0.242 e. The zero-order valence-electron chi connectivity index (χ0n) is 14.9. The fourth-order valence-corrected chi connectivity index (χ4v) is 2.98. The van der Waals surface area contributed by atoms with Gasteiger partial charge in [0.15, 0.2) is 0 Å². The number of pyridine rings is 1. The molecule has 0 aromatic carbocycles. The summed E-state index contributed by atoms with van der Waals surface area (Å²) in [5, 5.41) is 2.87. The summed E-state index contributed by atoms with van der Waals surface area (Å²) in [4.78, 5) is 30.0. The molecule has 1 fully saturated rings. The molecule has 1 saturated heterocycles. The van der Waals surface area contributed by atoms with Crippen molar-refractivity contribution in [3.05, 3.63) is 42.0 Å². The largest absolute Gasteiger partial charge is 0.353 e. The Labute approximate surface area is 148 Å². The lowest BCUT2D eigenvalue weighted by molar-refractivity contribution is -0.120. The number of anilines is 2. The first kappa shape index (κ1) is 17.3. The van der Waals surface area contributed by atoms with Crippen LogP contribution in [0.4, 0.5) is 11.6 Å². The first-order valence-electron chi connectivity index (χ1n) is 8.56. The third-order valence-corrected chi connectivity index (χ3v) is 4.51. The lowest BCUT2D eigenvalue weighted by Crippen LogP contribution is -2.53. The van der Waals surface area contributed by atoms with E-state index in [9.17, 15) is 4.79 Å². The van der Waals surface area contributed by atoms with E-state index in [1.54, 1.807) is 18.5 Å². The van der Waals surface area contributed by atoms with E-state index in [1.807, 2.05) is 32.9 Å². The summed E-state index contributed by atoms with van der Waals surface area (Å²) in [5.41, 5.74) is 1.87. The maximum Gasteiger partial charge on any atom is 0.242 e. The Morgan fingerprint density at radius 2 is 1.92 bits per heavy atom. The van der Waals surface area contributed by atoms with Crippen LogP contribution in [-0.2, 0) is 4.79 Å². The van der Waals surface area contributed by atoms with Crippen molar-refractivity contribution in [3.63, 3.8) is 0 Å². The third-order valence-electron chi connectivity index (χ3n) is 4.51. The number of hydrogen-bond acceptors (Lipinski definition) is 6. The summed E-state index contributed by atoms with van der Waals surface area (Å²) >= 11 is 0. The Balaban J connectivity index is 1.58. The summed E-state index contributed by atoms with van der Waals surface area (Å²) in [7, 11) is 0. The van der Waals surface area contributed by atoms with Crippen LogP contribution in [0.5, 0.6) is 0 Å². The molecule has 3 rings (SSSR count). The molecule has 1 unspecified atom stereocenters. The van der Waals surface area contributed by atoms with Gasteiger partial charge in [0.2, 0.25) is 5.91 Å². The Morgan fingerprint density at radius 1 is 1.16 bits per heavy atom. The highest BCUT2D eigenvalue weighted by molar-refractivity contribution is 5.93. The number of amides is 1. The van der Waals surface area contributed by atoms with Gasteiger partial charge >= 0.3 is 0 Å². The predicted molar refractivity (Wildman–Crippen MR) is 97.6 cm³/mol. The Hall–Kier alpha value is -2.54. The predicted octanol–water partition coefficient (Wildman–Crippen LogP) is 1.64. The van der Waals surface area contributed by atoms with Gasteiger partial charge in [0.25, 0.3) is 0 Å². The van der Waals surface area contributed by atoms with Crippen LogP contribution in [0.2, 0.25) is 0 Å². The number of aromatic nitrogens is 3. The van der Waals surface area contributed by atoms with Crippen LogP contribution in [0.1, 0.15) is 18.3 Å². The molecule has 0 radical (unpaired) electrons. The number of carbonyl (C=O) groups is 1. The van der Waals surface area contributed by atoms with Crippen molar-refractivity contribution in [3.8, 4) is 0 Å². The van der Waals surface area contributed by atoms with Crippen molar-refractivity contribution in [2.75, 3.05) is 36.4 Å². The SMILES string of the molecule is Cc1cnc(C)c(N2CCN(C(C)C(=O)Nc3ccccn3)CC2)n1. The maximum atomic E-state index is 12.4. The molecule has 1 aliphatic heterocycles. The lowest BCUT2D eigenvalue weighted by atomic mass is 10.2. The molecule has 1 N–H and O–H groups in total. The second-order valence-electron chi connectivity index (χ2n) is 6.32. The number of nitrogens with one attached hydrogen (secondary N) is 1. The van der Waals surface area contributed by atoms with E-state index in [0.29, 0.717) is 5.82 Å². The van der Waals surface area contributed by atoms with E-state index in [-0.39, 0.29) is 11.9 Å². The molecule has 3 heterocycles. The summed E-state index contributed by atoms with van der Waals surface area (Å²) in [6.45, 7) is 9.16.